The summed E-state index contributed by atoms with van der Waals surface area (Å²) in [7, 11) is 0. The third kappa shape index (κ3) is 3.56. The average Bonchev–Trinajstić information content (AvgIpc) is 2.91. The van der Waals surface area contributed by atoms with Crippen LogP contribution in [-0.2, 0) is 19.4 Å². The van der Waals surface area contributed by atoms with E-state index in [1.165, 1.54) is 5.56 Å². The zero-order chi connectivity index (χ0) is 14.4. The normalized spacial score (nSPS) is 10.7. The monoisotopic (exact) mass is 270 g/mol. The number of Topliss-reactive ketones (excluding diaryl/α,β-unsaturated/α-hetero) is 1. The van der Waals surface area contributed by atoms with E-state index >= 15 is 0 Å². The van der Waals surface area contributed by atoms with Gasteiger partial charge in [0.05, 0.1) is 5.69 Å². The van der Waals surface area contributed by atoms with Crippen molar-refractivity contribution in [2.45, 2.75) is 46.1 Å². The molecule has 0 fully saturated rings. The molecule has 0 aliphatic heterocycles. The van der Waals surface area contributed by atoms with E-state index in [-0.39, 0.29) is 5.78 Å². The molecule has 0 saturated heterocycles. The summed E-state index contributed by atoms with van der Waals surface area (Å²) in [4.78, 5) is 12.3. The van der Waals surface area contributed by atoms with E-state index in [1.807, 2.05) is 35.9 Å². The minimum Gasteiger partial charge on any atom is -0.292 e. The Labute approximate surface area is 120 Å². The first-order valence-corrected chi connectivity index (χ1v) is 7.38. The Morgan fingerprint density at radius 2 is 1.95 bits per heavy atom. The Bertz CT molecular complexity index is 558. The zero-order valence-electron chi connectivity index (χ0n) is 12.3. The Morgan fingerprint density at radius 1 is 1.20 bits per heavy atom. The number of hydrogen-bond acceptors (Lipinski definition) is 2. The summed E-state index contributed by atoms with van der Waals surface area (Å²) < 4.78 is 1.82. The van der Waals surface area contributed by atoms with Crippen molar-refractivity contribution >= 4 is 5.78 Å². The molecule has 0 spiro atoms. The van der Waals surface area contributed by atoms with Gasteiger partial charge < -0.3 is 0 Å². The van der Waals surface area contributed by atoms with Gasteiger partial charge in [-0.25, -0.2) is 0 Å². The molecule has 0 aliphatic carbocycles. The first kappa shape index (κ1) is 14.5. The Morgan fingerprint density at radius 3 is 2.60 bits per heavy atom. The molecule has 0 radical (unpaired) electrons. The summed E-state index contributed by atoms with van der Waals surface area (Å²) in [5.74, 6) is 0.204. The van der Waals surface area contributed by atoms with Crippen molar-refractivity contribution in [2.75, 3.05) is 0 Å². The second kappa shape index (κ2) is 7.04. The van der Waals surface area contributed by atoms with Crippen LogP contribution >= 0.6 is 0 Å². The molecule has 1 heterocycles. The highest BCUT2D eigenvalue weighted by atomic mass is 16.1. The van der Waals surface area contributed by atoms with Gasteiger partial charge in [-0.15, -0.1) is 0 Å². The standard InChI is InChI=1S/C17H22N2O/c1-3-15-13-16(19(4-2)18-15)17(20)12-8-11-14-9-6-5-7-10-14/h5-7,9-10,13H,3-4,8,11-12H2,1-2H3. The number of rotatable bonds is 7. The quantitative estimate of drug-likeness (QED) is 0.719. The summed E-state index contributed by atoms with van der Waals surface area (Å²) in [6.45, 7) is 4.83. The molecule has 0 saturated carbocycles. The Hall–Kier alpha value is -1.90. The number of carbonyl (C=O) groups excluding carboxylic acids is 1. The SMILES string of the molecule is CCc1cc(C(=O)CCCc2ccccc2)n(CC)n1. The van der Waals surface area contributed by atoms with Crippen LogP contribution in [0.25, 0.3) is 0 Å². The van der Waals surface area contributed by atoms with E-state index < -0.39 is 0 Å². The van der Waals surface area contributed by atoms with Crippen molar-refractivity contribution in [3.63, 3.8) is 0 Å². The Kier molecular flexibility index (Phi) is 5.10. The van der Waals surface area contributed by atoms with Crippen LogP contribution in [0.4, 0.5) is 0 Å². The molecule has 1 aromatic carbocycles. The number of aromatic nitrogens is 2. The molecule has 0 N–H and O–H groups in total. The molecule has 0 amide bonds. The lowest BCUT2D eigenvalue weighted by molar-refractivity contribution is 0.0970. The summed E-state index contributed by atoms with van der Waals surface area (Å²) in [5, 5.41) is 4.43. The van der Waals surface area contributed by atoms with E-state index in [9.17, 15) is 4.79 Å². The summed E-state index contributed by atoms with van der Waals surface area (Å²) in [6.07, 6.45) is 3.30. The molecule has 3 heteroatoms. The molecule has 2 aromatic rings. The van der Waals surface area contributed by atoms with E-state index in [0.717, 1.165) is 37.2 Å². The van der Waals surface area contributed by atoms with Crippen LogP contribution in [0, 0.1) is 0 Å². The van der Waals surface area contributed by atoms with E-state index in [1.54, 1.807) is 0 Å². The molecule has 0 atom stereocenters. The number of ketones is 1. The molecule has 3 nitrogen and oxygen atoms in total. The maximum Gasteiger partial charge on any atom is 0.180 e. The molecule has 0 aliphatic rings. The smallest absolute Gasteiger partial charge is 0.180 e. The largest absolute Gasteiger partial charge is 0.292 e. The summed E-state index contributed by atoms with van der Waals surface area (Å²) >= 11 is 0. The first-order chi connectivity index (χ1) is 9.74. The van der Waals surface area contributed by atoms with Gasteiger partial charge in [0.25, 0.3) is 0 Å². The van der Waals surface area contributed by atoms with E-state index in [4.69, 9.17) is 0 Å². The Balaban J connectivity index is 1.93. The molecule has 2 rings (SSSR count). The van der Waals surface area contributed by atoms with Gasteiger partial charge in [-0.05, 0) is 37.8 Å². The van der Waals surface area contributed by atoms with Gasteiger partial charge in [-0.1, -0.05) is 37.3 Å². The maximum absolute atomic E-state index is 12.3. The van der Waals surface area contributed by atoms with Crippen LogP contribution in [0.3, 0.4) is 0 Å². The third-order valence-corrected chi connectivity index (χ3v) is 3.49. The fourth-order valence-corrected chi connectivity index (χ4v) is 2.33. The van der Waals surface area contributed by atoms with Gasteiger partial charge in [-0.2, -0.15) is 5.10 Å². The van der Waals surface area contributed by atoms with Crippen LogP contribution in [-0.4, -0.2) is 15.6 Å². The van der Waals surface area contributed by atoms with Gasteiger partial charge in [0, 0.05) is 13.0 Å². The summed E-state index contributed by atoms with van der Waals surface area (Å²) in [6, 6.07) is 12.2. The number of aryl methyl sites for hydroxylation is 3. The predicted octanol–water partition coefficient (Wildman–Crippen LogP) is 3.67. The first-order valence-electron chi connectivity index (χ1n) is 7.38. The van der Waals surface area contributed by atoms with Crippen molar-refractivity contribution < 1.29 is 4.79 Å². The molecule has 0 bridgehead atoms. The van der Waals surface area contributed by atoms with Gasteiger partial charge in [0.15, 0.2) is 5.78 Å². The fraction of sp³-hybridized carbons (Fsp3) is 0.412. The van der Waals surface area contributed by atoms with Crippen molar-refractivity contribution in [1.82, 2.24) is 9.78 Å². The summed E-state index contributed by atoms with van der Waals surface area (Å²) in [5.41, 5.74) is 3.05. The van der Waals surface area contributed by atoms with Crippen LogP contribution in [0.5, 0.6) is 0 Å². The highest BCUT2D eigenvalue weighted by Gasteiger charge is 2.13. The topological polar surface area (TPSA) is 34.9 Å². The second-order valence-electron chi connectivity index (χ2n) is 4.95. The number of carbonyl (C=O) groups is 1. The second-order valence-corrected chi connectivity index (χ2v) is 4.95. The molecule has 106 valence electrons. The van der Waals surface area contributed by atoms with Gasteiger partial charge in [-0.3, -0.25) is 9.48 Å². The molecule has 20 heavy (non-hydrogen) atoms. The average molecular weight is 270 g/mol. The minimum absolute atomic E-state index is 0.204. The minimum atomic E-state index is 0.204. The fourth-order valence-electron chi connectivity index (χ4n) is 2.33. The van der Waals surface area contributed by atoms with Gasteiger partial charge in [0.1, 0.15) is 5.69 Å². The van der Waals surface area contributed by atoms with Crippen molar-refractivity contribution in [3.8, 4) is 0 Å². The van der Waals surface area contributed by atoms with Gasteiger partial charge >= 0.3 is 0 Å². The van der Waals surface area contributed by atoms with Crippen molar-refractivity contribution in [3.05, 3.63) is 53.3 Å². The molecular weight excluding hydrogens is 248 g/mol. The highest BCUT2D eigenvalue weighted by molar-refractivity contribution is 5.94. The van der Waals surface area contributed by atoms with Crippen LogP contribution in [0.1, 0.15) is 48.4 Å². The number of benzene rings is 1. The van der Waals surface area contributed by atoms with Crippen LogP contribution < -0.4 is 0 Å². The van der Waals surface area contributed by atoms with Crippen LogP contribution in [0.2, 0.25) is 0 Å². The van der Waals surface area contributed by atoms with E-state index in [2.05, 4.69) is 24.2 Å². The number of nitrogens with zero attached hydrogens (tertiary/aromatic N) is 2. The predicted molar refractivity (Wildman–Crippen MR) is 81.0 cm³/mol. The van der Waals surface area contributed by atoms with Crippen molar-refractivity contribution in [2.24, 2.45) is 0 Å². The highest BCUT2D eigenvalue weighted by Crippen LogP contribution is 2.12. The van der Waals surface area contributed by atoms with Crippen molar-refractivity contribution in [1.29, 1.82) is 0 Å². The van der Waals surface area contributed by atoms with E-state index in [0.29, 0.717) is 6.42 Å². The molecule has 0 unspecified atom stereocenters. The lowest BCUT2D eigenvalue weighted by Gasteiger charge is -2.04. The lowest BCUT2D eigenvalue weighted by Crippen LogP contribution is -2.09. The maximum atomic E-state index is 12.3. The van der Waals surface area contributed by atoms with Gasteiger partial charge in [0.2, 0.25) is 0 Å². The lowest BCUT2D eigenvalue weighted by atomic mass is 10.1. The zero-order valence-corrected chi connectivity index (χ0v) is 12.3. The molecule has 1 aromatic heterocycles. The number of hydrogen-bond donors (Lipinski definition) is 0. The van der Waals surface area contributed by atoms with Crippen LogP contribution in [0.15, 0.2) is 36.4 Å². The molecular formula is C17H22N2O. The third-order valence-electron chi connectivity index (χ3n) is 3.49.